The zero-order chi connectivity index (χ0) is 12.3. The van der Waals surface area contributed by atoms with Crippen molar-refractivity contribution in [3.05, 3.63) is 28.0 Å². The van der Waals surface area contributed by atoms with Gasteiger partial charge in [-0.2, -0.15) is 0 Å². The molecule has 0 radical (unpaired) electrons. The van der Waals surface area contributed by atoms with Gasteiger partial charge in [-0.15, -0.1) is 0 Å². The molecule has 0 spiro atoms. The predicted molar refractivity (Wildman–Crippen MR) is 72.6 cm³/mol. The number of rotatable bonds is 6. The molecule has 0 saturated heterocycles. The van der Waals surface area contributed by atoms with Crippen molar-refractivity contribution in [3.8, 4) is 0 Å². The zero-order valence-corrected chi connectivity index (χ0v) is 11.6. The van der Waals surface area contributed by atoms with Gasteiger partial charge in [0, 0.05) is 6.20 Å². The Hall–Kier alpha value is -0.310. The Bertz CT molecular complexity index is 378. The molecule has 1 fully saturated rings. The van der Waals surface area contributed by atoms with Crippen molar-refractivity contribution in [2.24, 2.45) is 5.92 Å². The summed E-state index contributed by atoms with van der Waals surface area (Å²) < 4.78 is 0. The lowest BCUT2D eigenvalue weighted by Gasteiger charge is -2.18. The minimum absolute atomic E-state index is 0.255. The third-order valence-electron chi connectivity index (χ3n) is 3.18. The predicted octanol–water partition coefficient (Wildman–Crippen LogP) is 4.23. The summed E-state index contributed by atoms with van der Waals surface area (Å²) in [5, 5.41) is 4.71. The van der Waals surface area contributed by atoms with Crippen molar-refractivity contribution >= 4 is 23.2 Å². The zero-order valence-electron chi connectivity index (χ0n) is 10.0. The minimum Gasteiger partial charge on any atom is -0.309 e. The Morgan fingerprint density at radius 2 is 2.24 bits per heavy atom. The van der Waals surface area contributed by atoms with E-state index < -0.39 is 0 Å². The van der Waals surface area contributed by atoms with E-state index in [0.29, 0.717) is 10.0 Å². The van der Waals surface area contributed by atoms with Crippen molar-refractivity contribution in [2.75, 3.05) is 6.54 Å². The molecule has 1 saturated carbocycles. The maximum atomic E-state index is 6.20. The molecule has 1 N–H and O–H groups in total. The van der Waals surface area contributed by atoms with Crippen LogP contribution in [0.1, 0.15) is 44.3 Å². The fraction of sp³-hybridized carbons (Fsp3) is 0.615. The Morgan fingerprint density at radius 3 is 2.82 bits per heavy atom. The molecule has 1 aromatic rings. The molecule has 1 unspecified atom stereocenters. The number of halogens is 2. The average molecular weight is 273 g/mol. The van der Waals surface area contributed by atoms with E-state index in [2.05, 4.69) is 17.2 Å². The highest BCUT2D eigenvalue weighted by molar-refractivity contribution is 6.34. The van der Waals surface area contributed by atoms with Gasteiger partial charge in [0.25, 0.3) is 0 Å². The summed E-state index contributed by atoms with van der Waals surface area (Å²) in [6, 6.07) is 2.03. The summed E-state index contributed by atoms with van der Waals surface area (Å²) in [5.41, 5.74) is 0.929. The Labute approximate surface area is 113 Å². The van der Waals surface area contributed by atoms with Crippen LogP contribution in [0.4, 0.5) is 0 Å². The molecule has 1 aliphatic carbocycles. The standard InChI is InChI=1S/C13H18Cl2N2/c1-2-16-12(6-5-9-3-4-9)13-11(15)7-10(14)8-17-13/h7-9,12,16H,2-6H2,1H3. The fourth-order valence-electron chi connectivity index (χ4n) is 2.07. The molecular formula is C13H18Cl2N2. The van der Waals surface area contributed by atoms with Crippen molar-refractivity contribution in [3.63, 3.8) is 0 Å². The van der Waals surface area contributed by atoms with Gasteiger partial charge in [0.1, 0.15) is 0 Å². The molecule has 0 bridgehead atoms. The molecule has 1 aliphatic rings. The molecule has 0 aromatic carbocycles. The molecule has 1 atom stereocenters. The first-order chi connectivity index (χ1) is 8.20. The Morgan fingerprint density at radius 1 is 1.47 bits per heavy atom. The van der Waals surface area contributed by atoms with E-state index in [1.165, 1.54) is 19.3 Å². The van der Waals surface area contributed by atoms with Gasteiger partial charge in [-0.25, -0.2) is 0 Å². The van der Waals surface area contributed by atoms with Crippen LogP contribution in [0, 0.1) is 5.92 Å². The molecule has 1 aromatic heterocycles. The van der Waals surface area contributed by atoms with Crippen LogP contribution in [0.2, 0.25) is 10.0 Å². The molecule has 0 amide bonds. The van der Waals surface area contributed by atoms with Crippen LogP contribution in [-0.2, 0) is 0 Å². The summed E-state index contributed by atoms with van der Waals surface area (Å²) in [7, 11) is 0. The van der Waals surface area contributed by atoms with Crippen LogP contribution < -0.4 is 5.32 Å². The van der Waals surface area contributed by atoms with Gasteiger partial charge < -0.3 is 5.32 Å². The number of aromatic nitrogens is 1. The van der Waals surface area contributed by atoms with Crippen LogP contribution in [-0.4, -0.2) is 11.5 Å². The third-order valence-corrected chi connectivity index (χ3v) is 3.69. The third kappa shape index (κ3) is 3.84. The summed E-state index contributed by atoms with van der Waals surface area (Å²) in [4.78, 5) is 4.37. The normalized spacial score (nSPS) is 17.1. The molecule has 94 valence electrons. The largest absolute Gasteiger partial charge is 0.309 e. The van der Waals surface area contributed by atoms with E-state index in [9.17, 15) is 0 Å². The van der Waals surface area contributed by atoms with Crippen molar-refractivity contribution in [2.45, 2.75) is 38.6 Å². The smallest absolute Gasteiger partial charge is 0.0760 e. The molecule has 1 heterocycles. The minimum atomic E-state index is 0.255. The van der Waals surface area contributed by atoms with Gasteiger partial charge in [-0.05, 0) is 31.4 Å². The van der Waals surface area contributed by atoms with Crippen LogP contribution in [0.25, 0.3) is 0 Å². The second-order valence-corrected chi connectivity index (χ2v) is 5.50. The van der Waals surface area contributed by atoms with Gasteiger partial charge in [0.05, 0.1) is 21.8 Å². The molecule has 4 heteroatoms. The van der Waals surface area contributed by atoms with E-state index >= 15 is 0 Å². The van der Waals surface area contributed by atoms with Crippen molar-refractivity contribution in [1.82, 2.24) is 10.3 Å². The highest BCUT2D eigenvalue weighted by Gasteiger charge is 2.24. The van der Waals surface area contributed by atoms with Crippen LogP contribution in [0.5, 0.6) is 0 Å². The molecule has 0 aliphatic heterocycles. The Kier molecular flexibility index (Phi) is 4.66. The number of pyridine rings is 1. The first-order valence-corrected chi connectivity index (χ1v) is 7.00. The highest BCUT2D eigenvalue weighted by atomic mass is 35.5. The quantitative estimate of drug-likeness (QED) is 0.839. The van der Waals surface area contributed by atoms with Crippen molar-refractivity contribution in [1.29, 1.82) is 0 Å². The summed E-state index contributed by atoms with van der Waals surface area (Å²) >= 11 is 12.1. The van der Waals surface area contributed by atoms with Gasteiger partial charge in [-0.3, -0.25) is 4.98 Å². The van der Waals surface area contributed by atoms with Gasteiger partial charge in [-0.1, -0.05) is 43.0 Å². The van der Waals surface area contributed by atoms with Gasteiger partial charge in [0.15, 0.2) is 0 Å². The molecule has 2 rings (SSSR count). The highest BCUT2D eigenvalue weighted by Crippen LogP contribution is 2.36. The van der Waals surface area contributed by atoms with Crippen LogP contribution in [0.3, 0.4) is 0 Å². The maximum Gasteiger partial charge on any atom is 0.0760 e. The van der Waals surface area contributed by atoms with E-state index in [0.717, 1.165) is 24.6 Å². The lowest BCUT2D eigenvalue weighted by atomic mass is 10.0. The van der Waals surface area contributed by atoms with Gasteiger partial charge in [0.2, 0.25) is 0 Å². The number of nitrogens with one attached hydrogen (secondary N) is 1. The fourth-order valence-corrected chi connectivity index (χ4v) is 2.58. The monoisotopic (exact) mass is 272 g/mol. The second-order valence-electron chi connectivity index (χ2n) is 4.65. The second kappa shape index (κ2) is 6.03. The van der Waals surface area contributed by atoms with E-state index in [4.69, 9.17) is 23.2 Å². The number of nitrogens with zero attached hydrogens (tertiary/aromatic N) is 1. The number of hydrogen-bond acceptors (Lipinski definition) is 2. The van der Waals surface area contributed by atoms with E-state index in [-0.39, 0.29) is 6.04 Å². The summed E-state index contributed by atoms with van der Waals surface area (Å²) in [5.74, 6) is 0.933. The molecular weight excluding hydrogens is 255 g/mol. The lowest BCUT2D eigenvalue weighted by molar-refractivity contribution is 0.472. The number of hydrogen-bond donors (Lipinski definition) is 1. The lowest BCUT2D eigenvalue weighted by Crippen LogP contribution is -2.22. The first kappa shape index (κ1) is 13.1. The summed E-state index contributed by atoms with van der Waals surface area (Å²) in [6.45, 7) is 3.03. The van der Waals surface area contributed by atoms with Gasteiger partial charge >= 0.3 is 0 Å². The average Bonchev–Trinajstić information content (AvgIpc) is 3.09. The first-order valence-electron chi connectivity index (χ1n) is 6.25. The van der Waals surface area contributed by atoms with Crippen molar-refractivity contribution < 1.29 is 0 Å². The van der Waals surface area contributed by atoms with Crippen LogP contribution in [0.15, 0.2) is 12.3 Å². The molecule has 17 heavy (non-hydrogen) atoms. The molecule has 2 nitrogen and oxygen atoms in total. The van der Waals surface area contributed by atoms with E-state index in [1.807, 2.05) is 0 Å². The maximum absolute atomic E-state index is 6.20. The van der Waals surface area contributed by atoms with E-state index in [1.54, 1.807) is 12.3 Å². The Balaban J connectivity index is 2.06. The summed E-state index contributed by atoms with van der Waals surface area (Å²) in [6.07, 6.45) is 6.82. The topological polar surface area (TPSA) is 24.9 Å². The SMILES string of the molecule is CCNC(CCC1CC1)c1ncc(Cl)cc1Cl. The van der Waals surface area contributed by atoms with Crippen LogP contribution >= 0.6 is 23.2 Å².